The average molecular weight is 158 g/mol. The van der Waals surface area contributed by atoms with Gasteiger partial charge in [0.1, 0.15) is 0 Å². The summed E-state index contributed by atoms with van der Waals surface area (Å²) in [5.74, 6) is 6.21. The second-order valence-electron chi connectivity index (χ2n) is 2.97. The van der Waals surface area contributed by atoms with E-state index in [9.17, 15) is 0 Å². The Morgan fingerprint density at radius 1 is 1.25 bits per heavy atom. The third-order valence-electron chi connectivity index (χ3n) is 1.78. The number of rotatable bonds is 0. The van der Waals surface area contributed by atoms with E-state index in [1.807, 2.05) is 0 Å². The van der Waals surface area contributed by atoms with Gasteiger partial charge < -0.3 is 0 Å². The first kappa shape index (κ1) is 8.87. The highest BCUT2D eigenvalue weighted by Gasteiger charge is 1.92. The van der Waals surface area contributed by atoms with Crippen molar-refractivity contribution in [2.45, 2.75) is 27.2 Å². The quantitative estimate of drug-likeness (QED) is 0.509. The highest BCUT2D eigenvalue weighted by molar-refractivity contribution is 5.42. The van der Waals surface area contributed by atoms with E-state index in [1.54, 1.807) is 0 Å². The molecule has 0 saturated carbocycles. The van der Waals surface area contributed by atoms with Gasteiger partial charge >= 0.3 is 0 Å². The molecule has 12 heavy (non-hydrogen) atoms. The molecule has 1 rings (SSSR count). The summed E-state index contributed by atoms with van der Waals surface area (Å²) in [6.07, 6.45) is 0.924. The second kappa shape index (κ2) is 3.97. The van der Waals surface area contributed by atoms with Crippen LogP contribution in [0.15, 0.2) is 18.2 Å². The van der Waals surface area contributed by atoms with Gasteiger partial charge in [-0.3, -0.25) is 0 Å². The molecule has 0 aliphatic heterocycles. The minimum Gasteiger partial charge on any atom is -0.0982 e. The first-order chi connectivity index (χ1) is 5.74. The van der Waals surface area contributed by atoms with Crippen LogP contribution in [0.1, 0.15) is 30.0 Å². The average Bonchev–Trinajstić information content (AvgIpc) is 2.03. The molecule has 0 spiro atoms. The summed E-state index contributed by atoms with van der Waals surface area (Å²) in [7, 11) is 0. The van der Waals surface area contributed by atoms with Crippen molar-refractivity contribution in [2.24, 2.45) is 0 Å². The van der Waals surface area contributed by atoms with Crippen LogP contribution in [0.5, 0.6) is 0 Å². The summed E-state index contributed by atoms with van der Waals surface area (Å²) in [6, 6.07) is 6.36. The van der Waals surface area contributed by atoms with Crippen LogP contribution in [-0.2, 0) is 0 Å². The monoisotopic (exact) mass is 158 g/mol. The largest absolute Gasteiger partial charge is 0.0982 e. The first-order valence-corrected chi connectivity index (χ1v) is 4.30. The zero-order chi connectivity index (χ0) is 8.97. The topological polar surface area (TPSA) is 0 Å². The summed E-state index contributed by atoms with van der Waals surface area (Å²) < 4.78 is 0. The maximum atomic E-state index is 3.14. The van der Waals surface area contributed by atoms with Gasteiger partial charge in [-0.15, -0.1) is 0 Å². The first-order valence-electron chi connectivity index (χ1n) is 4.30. The summed E-state index contributed by atoms with van der Waals surface area (Å²) in [4.78, 5) is 0. The second-order valence-corrected chi connectivity index (χ2v) is 2.97. The number of hydrogen-bond donors (Lipinski definition) is 0. The molecular weight excluding hydrogens is 144 g/mol. The molecule has 0 amide bonds. The fraction of sp³-hybridized carbons (Fsp3) is 0.333. The molecule has 0 nitrogen and oxygen atoms in total. The summed E-state index contributed by atoms with van der Waals surface area (Å²) >= 11 is 0. The number of hydrogen-bond acceptors (Lipinski definition) is 0. The predicted octanol–water partition coefficient (Wildman–Crippen LogP) is 3.06. The lowest BCUT2D eigenvalue weighted by atomic mass is 10.1. The van der Waals surface area contributed by atoms with Crippen molar-refractivity contribution < 1.29 is 0 Å². The van der Waals surface area contributed by atoms with Gasteiger partial charge in [0.25, 0.3) is 0 Å². The van der Waals surface area contributed by atoms with Crippen molar-refractivity contribution in [1.29, 1.82) is 0 Å². The Kier molecular flexibility index (Phi) is 2.94. The molecule has 62 valence electrons. The Labute approximate surface area is 74.6 Å². The molecule has 1 aromatic carbocycles. The van der Waals surface area contributed by atoms with Crippen molar-refractivity contribution >= 4 is 0 Å². The molecule has 0 aliphatic rings. The van der Waals surface area contributed by atoms with Crippen molar-refractivity contribution in [1.82, 2.24) is 0 Å². The number of aryl methyl sites for hydroxylation is 2. The maximum Gasteiger partial charge on any atom is 0.0274 e. The smallest absolute Gasteiger partial charge is 0.0274 e. The molecule has 0 saturated heterocycles. The normalized spacial score (nSPS) is 8.92. The Balaban J connectivity index is 3.01. The van der Waals surface area contributed by atoms with E-state index in [2.05, 4.69) is 50.8 Å². The molecule has 0 aliphatic carbocycles. The molecule has 0 heterocycles. The van der Waals surface area contributed by atoms with Gasteiger partial charge in [-0.05, 0) is 25.5 Å². The Hall–Kier alpha value is -1.22. The van der Waals surface area contributed by atoms with Gasteiger partial charge in [-0.25, -0.2) is 0 Å². The van der Waals surface area contributed by atoms with Crippen molar-refractivity contribution in [3.05, 3.63) is 34.9 Å². The minimum atomic E-state index is 0.924. The van der Waals surface area contributed by atoms with Crippen molar-refractivity contribution in [3.8, 4) is 11.8 Å². The van der Waals surface area contributed by atoms with E-state index in [0.717, 1.165) is 12.0 Å². The van der Waals surface area contributed by atoms with Crippen LogP contribution in [0.3, 0.4) is 0 Å². The minimum absolute atomic E-state index is 0.924. The molecule has 0 radical (unpaired) electrons. The molecule has 0 atom stereocenters. The Morgan fingerprint density at radius 3 is 2.58 bits per heavy atom. The van der Waals surface area contributed by atoms with Gasteiger partial charge in [0.15, 0.2) is 0 Å². The molecule has 0 bridgehead atoms. The molecular formula is C12H14. The SMILES string of the molecule is CCC#Cc1ccc(C)cc1C. The molecule has 0 unspecified atom stereocenters. The lowest BCUT2D eigenvalue weighted by Crippen LogP contribution is -1.82. The summed E-state index contributed by atoms with van der Waals surface area (Å²) in [6.45, 7) is 6.27. The lowest BCUT2D eigenvalue weighted by Gasteiger charge is -1.98. The van der Waals surface area contributed by atoms with Gasteiger partial charge in [-0.2, -0.15) is 0 Å². The summed E-state index contributed by atoms with van der Waals surface area (Å²) in [5, 5.41) is 0. The Morgan fingerprint density at radius 2 is 2.00 bits per heavy atom. The Bertz CT molecular complexity index is 324. The van der Waals surface area contributed by atoms with Crippen LogP contribution in [-0.4, -0.2) is 0 Å². The summed E-state index contributed by atoms with van der Waals surface area (Å²) in [5.41, 5.74) is 3.73. The zero-order valence-corrected chi connectivity index (χ0v) is 7.94. The van der Waals surface area contributed by atoms with Gasteiger partial charge in [0.2, 0.25) is 0 Å². The highest BCUT2D eigenvalue weighted by atomic mass is 14.0. The van der Waals surface area contributed by atoms with Gasteiger partial charge in [0.05, 0.1) is 0 Å². The fourth-order valence-electron chi connectivity index (χ4n) is 1.14. The van der Waals surface area contributed by atoms with E-state index >= 15 is 0 Å². The zero-order valence-electron chi connectivity index (χ0n) is 7.94. The van der Waals surface area contributed by atoms with E-state index in [-0.39, 0.29) is 0 Å². The van der Waals surface area contributed by atoms with Crippen molar-refractivity contribution in [2.75, 3.05) is 0 Å². The van der Waals surface area contributed by atoms with E-state index in [0.29, 0.717) is 0 Å². The van der Waals surface area contributed by atoms with E-state index < -0.39 is 0 Å². The highest BCUT2D eigenvalue weighted by Crippen LogP contribution is 2.08. The number of benzene rings is 1. The van der Waals surface area contributed by atoms with Gasteiger partial charge in [-0.1, -0.05) is 36.5 Å². The van der Waals surface area contributed by atoms with Crippen LogP contribution < -0.4 is 0 Å². The van der Waals surface area contributed by atoms with Crippen LogP contribution in [0.2, 0.25) is 0 Å². The van der Waals surface area contributed by atoms with Crippen LogP contribution in [0, 0.1) is 25.7 Å². The lowest BCUT2D eigenvalue weighted by molar-refractivity contribution is 1.27. The third-order valence-corrected chi connectivity index (χ3v) is 1.78. The van der Waals surface area contributed by atoms with Crippen LogP contribution >= 0.6 is 0 Å². The van der Waals surface area contributed by atoms with Crippen LogP contribution in [0.25, 0.3) is 0 Å². The third kappa shape index (κ3) is 2.13. The molecule has 0 aromatic heterocycles. The van der Waals surface area contributed by atoms with Gasteiger partial charge in [0, 0.05) is 12.0 Å². The van der Waals surface area contributed by atoms with E-state index in [1.165, 1.54) is 11.1 Å². The molecule has 0 fully saturated rings. The van der Waals surface area contributed by atoms with Crippen LogP contribution in [0.4, 0.5) is 0 Å². The molecule has 1 aromatic rings. The van der Waals surface area contributed by atoms with E-state index in [4.69, 9.17) is 0 Å². The standard InChI is InChI=1S/C12H14/c1-4-5-6-12-8-7-10(2)9-11(12)3/h7-9H,4H2,1-3H3. The molecule has 0 heteroatoms. The maximum absolute atomic E-state index is 3.14. The van der Waals surface area contributed by atoms with Crippen molar-refractivity contribution in [3.63, 3.8) is 0 Å². The predicted molar refractivity (Wildman–Crippen MR) is 53.1 cm³/mol. The molecule has 0 N–H and O–H groups in total. The fourth-order valence-corrected chi connectivity index (χ4v) is 1.14.